The van der Waals surface area contributed by atoms with Crippen LogP contribution < -0.4 is 11.1 Å². The summed E-state index contributed by atoms with van der Waals surface area (Å²) < 4.78 is 0. The summed E-state index contributed by atoms with van der Waals surface area (Å²) in [6.07, 6.45) is -0.0220. The number of non-ortho nitro benzene ring substituents is 1. The van der Waals surface area contributed by atoms with Crippen molar-refractivity contribution in [1.29, 1.82) is 0 Å². The van der Waals surface area contributed by atoms with Crippen molar-refractivity contribution in [2.75, 3.05) is 0 Å². The van der Waals surface area contributed by atoms with E-state index >= 15 is 0 Å². The fourth-order valence-corrected chi connectivity index (χ4v) is 2.83. The minimum absolute atomic E-state index is 0.103. The number of nitrogens with two attached hydrogens (primary N) is 1. The average Bonchev–Trinajstić information content (AvgIpc) is 2.56. The lowest BCUT2D eigenvalue weighted by atomic mass is 10.0. The van der Waals surface area contributed by atoms with E-state index in [1.807, 2.05) is 0 Å². The van der Waals surface area contributed by atoms with Gasteiger partial charge in [0.25, 0.3) is 5.69 Å². The molecule has 0 heterocycles. The third-order valence-corrected chi connectivity index (χ3v) is 4.19. The number of carbonyl (C=O) groups excluding carboxylic acids is 2. The molecule has 136 valence electrons. The number of benzene rings is 2. The van der Waals surface area contributed by atoms with Gasteiger partial charge in [-0.05, 0) is 23.3 Å². The summed E-state index contributed by atoms with van der Waals surface area (Å²) in [5, 5.41) is 14.1. The second-order valence-electron chi connectivity index (χ2n) is 5.57. The Bertz CT molecular complexity index is 858. The Morgan fingerprint density at radius 2 is 1.92 bits per heavy atom. The Morgan fingerprint density at radius 1 is 1.19 bits per heavy atom. The number of nitro groups is 1. The third kappa shape index (κ3) is 5.44. The van der Waals surface area contributed by atoms with Gasteiger partial charge < -0.3 is 11.1 Å². The van der Waals surface area contributed by atoms with E-state index in [-0.39, 0.29) is 18.5 Å². The van der Waals surface area contributed by atoms with E-state index in [0.29, 0.717) is 21.2 Å². The van der Waals surface area contributed by atoms with Crippen LogP contribution >= 0.6 is 23.2 Å². The van der Waals surface area contributed by atoms with E-state index in [1.165, 1.54) is 24.3 Å². The molecule has 0 aliphatic rings. The Hall–Kier alpha value is -2.64. The number of carbonyl (C=O) groups is 2. The molecule has 0 aliphatic carbocycles. The molecule has 0 unspecified atom stereocenters. The molecule has 2 aromatic carbocycles. The fourth-order valence-electron chi connectivity index (χ4n) is 2.34. The topological polar surface area (TPSA) is 115 Å². The van der Waals surface area contributed by atoms with Gasteiger partial charge in [-0.2, -0.15) is 0 Å². The number of hydrogen-bond donors (Lipinski definition) is 2. The van der Waals surface area contributed by atoms with E-state index < -0.39 is 22.8 Å². The van der Waals surface area contributed by atoms with E-state index in [4.69, 9.17) is 28.9 Å². The summed E-state index contributed by atoms with van der Waals surface area (Å²) in [7, 11) is 0. The Morgan fingerprint density at radius 3 is 2.54 bits per heavy atom. The zero-order chi connectivity index (χ0) is 19.3. The van der Waals surface area contributed by atoms with Crippen LogP contribution in [0.25, 0.3) is 0 Å². The molecule has 0 saturated heterocycles. The van der Waals surface area contributed by atoms with Crippen LogP contribution in [0.4, 0.5) is 5.69 Å². The number of nitrogens with one attached hydrogen (secondary N) is 1. The van der Waals surface area contributed by atoms with Crippen LogP contribution in [0.15, 0.2) is 42.5 Å². The average molecular weight is 396 g/mol. The number of amides is 2. The van der Waals surface area contributed by atoms with E-state index in [9.17, 15) is 19.7 Å². The van der Waals surface area contributed by atoms with Crippen LogP contribution in [0.2, 0.25) is 10.0 Å². The largest absolute Gasteiger partial charge is 0.368 e. The van der Waals surface area contributed by atoms with Crippen molar-refractivity contribution in [3.8, 4) is 0 Å². The Labute approximate surface area is 159 Å². The predicted molar refractivity (Wildman–Crippen MR) is 98.1 cm³/mol. The molecule has 0 radical (unpaired) electrons. The molecule has 26 heavy (non-hydrogen) atoms. The summed E-state index contributed by atoms with van der Waals surface area (Å²) in [5.74, 6) is -1.21. The highest BCUT2D eigenvalue weighted by Crippen LogP contribution is 2.22. The second kappa shape index (κ2) is 8.64. The van der Waals surface area contributed by atoms with Gasteiger partial charge in [0, 0.05) is 28.6 Å². The molecule has 0 aromatic heterocycles. The maximum absolute atomic E-state index is 12.2. The van der Waals surface area contributed by atoms with Crippen molar-refractivity contribution in [2.24, 2.45) is 5.73 Å². The standard InChI is InChI=1S/C17H15Cl2N3O4/c18-12-5-4-11(14(19)9-12)8-15(17(20)24)21-16(23)7-10-2-1-3-13(6-10)22(25)26/h1-6,9,15H,7-8H2,(H2,20,24)(H,21,23)/t15-/m1/s1. The first-order chi connectivity index (χ1) is 12.3. The first-order valence-corrected chi connectivity index (χ1v) is 8.28. The second-order valence-corrected chi connectivity index (χ2v) is 6.41. The summed E-state index contributed by atoms with van der Waals surface area (Å²) in [6.45, 7) is 0. The van der Waals surface area contributed by atoms with Gasteiger partial charge in [-0.3, -0.25) is 19.7 Å². The minimum atomic E-state index is -0.972. The molecule has 2 rings (SSSR count). The van der Waals surface area contributed by atoms with Crippen molar-refractivity contribution >= 4 is 40.7 Å². The number of rotatable bonds is 7. The van der Waals surface area contributed by atoms with Crippen LogP contribution in [0, 0.1) is 10.1 Å². The molecule has 3 N–H and O–H groups in total. The molecular formula is C17H15Cl2N3O4. The summed E-state index contributed by atoms with van der Waals surface area (Å²) >= 11 is 11.9. The van der Waals surface area contributed by atoms with Crippen LogP contribution in [-0.2, 0) is 22.4 Å². The molecule has 9 heteroatoms. The van der Waals surface area contributed by atoms with Crippen LogP contribution in [0.5, 0.6) is 0 Å². The molecule has 2 amide bonds. The van der Waals surface area contributed by atoms with Gasteiger partial charge in [0.1, 0.15) is 6.04 Å². The Kier molecular flexibility index (Phi) is 6.54. The highest BCUT2D eigenvalue weighted by molar-refractivity contribution is 6.35. The molecule has 7 nitrogen and oxygen atoms in total. The highest BCUT2D eigenvalue weighted by atomic mass is 35.5. The van der Waals surface area contributed by atoms with Crippen molar-refractivity contribution in [1.82, 2.24) is 5.32 Å². The van der Waals surface area contributed by atoms with Gasteiger partial charge in [-0.15, -0.1) is 0 Å². The summed E-state index contributed by atoms with van der Waals surface area (Å²) in [5.41, 5.74) is 6.30. The lowest BCUT2D eigenvalue weighted by Crippen LogP contribution is -2.46. The predicted octanol–water partition coefficient (Wildman–Crippen LogP) is 2.66. The van der Waals surface area contributed by atoms with E-state index in [0.717, 1.165) is 0 Å². The quantitative estimate of drug-likeness (QED) is 0.553. The molecule has 0 saturated carbocycles. The smallest absolute Gasteiger partial charge is 0.269 e. The highest BCUT2D eigenvalue weighted by Gasteiger charge is 2.20. The first kappa shape index (κ1) is 19.7. The molecular weight excluding hydrogens is 381 g/mol. The van der Waals surface area contributed by atoms with Gasteiger partial charge in [0.05, 0.1) is 11.3 Å². The summed E-state index contributed by atoms with van der Waals surface area (Å²) in [6, 6.07) is 9.52. The van der Waals surface area contributed by atoms with Gasteiger partial charge in [0.15, 0.2) is 0 Å². The number of primary amides is 1. The monoisotopic (exact) mass is 395 g/mol. The molecule has 1 atom stereocenters. The minimum Gasteiger partial charge on any atom is -0.368 e. The molecule has 2 aromatic rings. The van der Waals surface area contributed by atoms with Crippen molar-refractivity contribution in [2.45, 2.75) is 18.9 Å². The summed E-state index contributed by atoms with van der Waals surface area (Å²) in [4.78, 5) is 34.1. The van der Waals surface area contributed by atoms with Gasteiger partial charge in [-0.25, -0.2) is 0 Å². The van der Waals surface area contributed by atoms with Crippen LogP contribution in [0.1, 0.15) is 11.1 Å². The molecule has 0 spiro atoms. The van der Waals surface area contributed by atoms with Gasteiger partial charge >= 0.3 is 0 Å². The van der Waals surface area contributed by atoms with E-state index in [2.05, 4.69) is 5.32 Å². The SMILES string of the molecule is NC(=O)[C@@H](Cc1ccc(Cl)cc1Cl)NC(=O)Cc1cccc([N+](=O)[O-])c1. The van der Waals surface area contributed by atoms with Crippen molar-refractivity contribution < 1.29 is 14.5 Å². The van der Waals surface area contributed by atoms with Crippen molar-refractivity contribution in [3.63, 3.8) is 0 Å². The number of nitro benzene ring substituents is 1. The Balaban J connectivity index is 2.07. The fraction of sp³-hybridized carbons (Fsp3) is 0.176. The lowest BCUT2D eigenvalue weighted by molar-refractivity contribution is -0.384. The first-order valence-electron chi connectivity index (χ1n) is 7.52. The van der Waals surface area contributed by atoms with Crippen LogP contribution in [-0.4, -0.2) is 22.8 Å². The molecule has 0 bridgehead atoms. The molecule has 0 aliphatic heterocycles. The van der Waals surface area contributed by atoms with Crippen molar-refractivity contribution in [3.05, 3.63) is 73.8 Å². The number of hydrogen-bond acceptors (Lipinski definition) is 4. The molecule has 0 fully saturated rings. The normalized spacial score (nSPS) is 11.6. The number of nitrogens with zero attached hydrogens (tertiary/aromatic N) is 1. The van der Waals surface area contributed by atoms with Gasteiger partial charge in [-0.1, -0.05) is 41.4 Å². The van der Waals surface area contributed by atoms with Gasteiger partial charge in [0.2, 0.25) is 11.8 Å². The third-order valence-electron chi connectivity index (χ3n) is 3.60. The zero-order valence-corrected chi connectivity index (χ0v) is 15.0. The zero-order valence-electron chi connectivity index (χ0n) is 13.4. The maximum Gasteiger partial charge on any atom is 0.269 e. The van der Waals surface area contributed by atoms with Crippen LogP contribution in [0.3, 0.4) is 0 Å². The maximum atomic E-state index is 12.2. The lowest BCUT2D eigenvalue weighted by Gasteiger charge is -2.16. The van der Waals surface area contributed by atoms with E-state index in [1.54, 1.807) is 18.2 Å². The number of halogens is 2.